The first kappa shape index (κ1) is 11.1. The fourth-order valence-corrected chi connectivity index (χ4v) is 1.52. The van der Waals surface area contributed by atoms with Crippen molar-refractivity contribution < 1.29 is 14.3 Å². The molecule has 0 aliphatic rings. The molecule has 0 unspecified atom stereocenters. The maximum Gasteiger partial charge on any atom is 0.335 e. The van der Waals surface area contributed by atoms with Gasteiger partial charge in [-0.15, -0.1) is 0 Å². The van der Waals surface area contributed by atoms with Crippen LogP contribution in [0, 0.1) is 5.82 Å². The molecule has 17 heavy (non-hydrogen) atoms. The van der Waals surface area contributed by atoms with Crippen LogP contribution in [-0.2, 0) is 0 Å². The Morgan fingerprint density at radius 1 is 1.29 bits per heavy atom. The fraction of sp³-hybridized carbons (Fsp3) is 0. The largest absolute Gasteiger partial charge is 0.478 e. The third-order valence-corrected chi connectivity index (χ3v) is 2.27. The van der Waals surface area contributed by atoms with Crippen LogP contribution >= 0.6 is 0 Å². The second kappa shape index (κ2) is 4.21. The number of H-pyrrole nitrogens is 1. The molecule has 0 spiro atoms. The molecule has 2 aromatic rings. The van der Waals surface area contributed by atoms with E-state index in [-0.39, 0.29) is 16.7 Å². The van der Waals surface area contributed by atoms with Crippen LogP contribution in [0.2, 0.25) is 0 Å². The van der Waals surface area contributed by atoms with Crippen molar-refractivity contribution in [2.75, 3.05) is 0 Å². The van der Waals surface area contributed by atoms with Crippen molar-refractivity contribution in [1.29, 1.82) is 0 Å². The van der Waals surface area contributed by atoms with E-state index in [1.165, 1.54) is 18.3 Å². The lowest BCUT2D eigenvalue weighted by molar-refractivity contribution is 0.0696. The van der Waals surface area contributed by atoms with Crippen LogP contribution in [0.5, 0.6) is 0 Å². The standard InChI is InChI=1S/C12H8FNO3/c13-9-5-7(4-8(6-9)12(16)17)10-2-1-3-14-11(10)15/h1-6H,(H,14,15)(H,16,17). The van der Waals surface area contributed by atoms with Gasteiger partial charge in [0.25, 0.3) is 5.56 Å². The number of pyridine rings is 1. The van der Waals surface area contributed by atoms with Crippen molar-refractivity contribution in [2.24, 2.45) is 0 Å². The van der Waals surface area contributed by atoms with Crippen molar-refractivity contribution in [1.82, 2.24) is 4.98 Å². The molecule has 0 atom stereocenters. The number of benzene rings is 1. The number of aromatic nitrogens is 1. The Hall–Kier alpha value is -2.43. The average molecular weight is 233 g/mol. The zero-order chi connectivity index (χ0) is 12.4. The number of aromatic carboxylic acids is 1. The zero-order valence-corrected chi connectivity index (χ0v) is 8.61. The van der Waals surface area contributed by atoms with Gasteiger partial charge in [0, 0.05) is 11.8 Å². The lowest BCUT2D eigenvalue weighted by Crippen LogP contribution is -2.08. The highest BCUT2D eigenvalue weighted by atomic mass is 19.1. The van der Waals surface area contributed by atoms with E-state index in [4.69, 9.17) is 5.11 Å². The minimum Gasteiger partial charge on any atom is -0.478 e. The molecule has 1 heterocycles. The van der Waals surface area contributed by atoms with Crippen LogP contribution in [-0.4, -0.2) is 16.1 Å². The van der Waals surface area contributed by atoms with Gasteiger partial charge in [-0.05, 0) is 35.9 Å². The van der Waals surface area contributed by atoms with Crippen molar-refractivity contribution >= 4 is 5.97 Å². The molecular weight excluding hydrogens is 225 g/mol. The molecule has 2 rings (SSSR count). The van der Waals surface area contributed by atoms with Gasteiger partial charge in [-0.1, -0.05) is 0 Å². The molecule has 0 radical (unpaired) electrons. The van der Waals surface area contributed by atoms with Gasteiger partial charge in [-0.3, -0.25) is 4.79 Å². The van der Waals surface area contributed by atoms with Crippen LogP contribution in [0.25, 0.3) is 11.1 Å². The van der Waals surface area contributed by atoms with Gasteiger partial charge in [-0.2, -0.15) is 0 Å². The molecule has 4 nitrogen and oxygen atoms in total. The van der Waals surface area contributed by atoms with E-state index in [1.54, 1.807) is 6.07 Å². The summed E-state index contributed by atoms with van der Waals surface area (Å²) in [6, 6.07) is 6.37. The lowest BCUT2D eigenvalue weighted by atomic mass is 10.0. The van der Waals surface area contributed by atoms with Gasteiger partial charge < -0.3 is 10.1 Å². The highest BCUT2D eigenvalue weighted by molar-refractivity contribution is 5.89. The molecule has 86 valence electrons. The van der Waals surface area contributed by atoms with Crippen LogP contribution in [0.4, 0.5) is 4.39 Å². The molecule has 1 aromatic heterocycles. The molecule has 0 aliphatic heterocycles. The third-order valence-electron chi connectivity index (χ3n) is 2.27. The summed E-state index contributed by atoms with van der Waals surface area (Å²) in [5.41, 5.74) is -0.114. The minimum atomic E-state index is -1.24. The molecular formula is C12H8FNO3. The Balaban J connectivity index is 2.64. The highest BCUT2D eigenvalue weighted by Gasteiger charge is 2.10. The first-order valence-corrected chi connectivity index (χ1v) is 4.80. The lowest BCUT2D eigenvalue weighted by Gasteiger charge is -2.02. The summed E-state index contributed by atoms with van der Waals surface area (Å²) in [5.74, 6) is -1.93. The van der Waals surface area contributed by atoms with Gasteiger partial charge >= 0.3 is 5.97 Å². The fourth-order valence-electron chi connectivity index (χ4n) is 1.52. The Labute approximate surface area is 95.4 Å². The van der Waals surface area contributed by atoms with Gasteiger partial charge in [0.1, 0.15) is 5.82 Å². The van der Waals surface area contributed by atoms with Crippen molar-refractivity contribution in [2.45, 2.75) is 0 Å². The number of carboxylic acids is 1. The molecule has 0 aliphatic carbocycles. The predicted octanol–water partition coefficient (Wildman–Crippen LogP) is 1.88. The quantitative estimate of drug-likeness (QED) is 0.831. The number of carboxylic acid groups (broad SMARTS) is 1. The molecule has 0 fully saturated rings. The topological polar surface area (TPSA) is 70.2 Å². The van der Waals surface area contributed by atoms with Crippen molar-refractivity contribution in [3.8, 4) is 11.1 Å². The van der Waals surface area contributed by atoms with Crippen molar-refractivity contribution in [3.05, 3.63) is 58.3 Å². The zero-order valence-electron chi connectivity index (χ0n) is 8.61. The smallest absolute Gasteiger partial charge is 0.335 e. The van der Waals surface area contributed by atoms with Crippen LogP contribution in [0.15, 0.2) is 41.3 Å². The number of carbonyl (C=O) groups is 1. The third kappa shape index (κ3) is 2.23. The van der Waals surface area contributed by atoms with Gasteiger partial charge in [0.15, 0.2) is 0 Å². The summed E-state index contributed by atoms with van der Waals surface area (Å²) in [5, 5.41) is 8.80. The first-order valence-electron chi connectivity index (χ1n) is 4.80. The molecule has 0 saturated heterocycles. The summed E-state index contributed by atoms with van der Waals surface area (Å²) in [7, 11) is 0. The van der Waals surface area contributed by atoms with Gasteiger partial charge in [0.05, 0.1) is 5.56 Å². The monoisotopic (exact) mass is 233 g/mol. The Kier molecular flexibility index (Phi) is 2.74. The highest BCUT2D eigenvalue weighted by Crippen LogP contribution is 2.18. The Bertz CT molecular complexity index is 634. The second-order valence-electron chi connectivity index (χ2n) is 3.45. The number of hydrogen-bond donors (Lipinski definition) is 2. The number of hydrogen-bond acceptors (Lipinski definition) is 2. The summed E-state index contributed by atoms with van der Waals surface area (Å²) < 4.78 is 13.2. The maximum absolute atomic E-state index is 13.2. The van der Waals surface area contributed by atoms with Gasteiger partial charge in [-0.25, -0.2) is 9.18 Å². The molecule has 2 N–H and O–H groups in total. The summed E-state index contributed by atoms with van der Waals surface area (Å²) in [4.78, 5) is 24.7. The number of halogens is 1. The second-order valence-corrected chi connectivity index (χ2v) is 3.45. The Morgan fingerprint density at radius 2 is 2.06 bits per heavy atom. The van der Waals surface area contributed by atoms with E-state index >= 15 is 0 Å². The average Bonchev–Trinajstić information content (AvgIpc) is 2.28. The minimum absolute atomic E-state index is 0.191. The van der Waals surface area contributed by atoms with E-state index in [9.17, 15) is 14.0 Å². The number of rotatable bonds is 2. The maximum atomic E-state index is 13.2. The van der Waals surface area contributed by atoms with Crippen LogP contribution < -0.4 is 5.56 Å². The van der Waals surface area contributed by atoms with Gasteiger partial charge in [0.2, 0.25) is 0 Å². The summed E-state index contributed by atoms with van der Waals surface area (Å²) in [6.07, 6.45) is 1.45. The van der Waals surface area contributed by atoms with E-state index in [0.29, 0.717) is 0 Å². The predicted molar refractivity (Wildman–Crippen MR) is 59.4 cm³/mol. The van der Waals surface area contributed by atoms with E-state index in [1.807, 2.05) is 0 Å². The molecule has 0 bridgehead atoms. The number of nitrogens with one attached hydrogen (secondary N) is 1. The van der Waals surface area contributed by atoms with Crippen molar-refractivity contribution in [3.63, 3.8) is 0 Å². The van der Waals surface area contributed by atoms with E-state index in [0.717, 1.165) is 12.1 Å². The van der Waals surface area contributed by atoms with Crippen LogP contribution in [0.1, 0.15) is 10.4 Å². The molecule has 0 amide bonds. The van der Waals surface area contributed by atoms with E-state index in [2.05, 4.69) is 4.98 Å². The first-order chi connectivity index (χ1) is 8.08. The Morgan fingerprint density at radius 3 is 2.71 bits per heavy atom. The SMILES string of the molecule is O=C(O)c1cc(F)cc(-c2ccc[nH]c2=O)c1. The molecule has 0 saturated carbocycles. The molecule has 1 aromatic carbocycles. The van der Waals surface area contributed by atoms with Crippen LogP contribution in [0.3, 0.4) is 0 Å². The normalized spacial score (nSPS) is 10.2. The summed E-state index contributed by atoms with van der Waals surface area (Å²) >= 11 is 0. The molecule has 5 heteroatoms. The summed E-state index contributed by atoms with van der Waals surface area (Å²) in [6.45, 7) is 0. The number of aromatic amines is 1. The van der Waals surface area contributed by atoms with E-state index < -0.39 is 17.3 Å².